The van der Waals surface area contributed by atoms with Crippen molar-refractivity contribution >= 4 is 25.4 Å². The summed E-state index contributed by atoms with van der Waals surface area (Å²) in [5.41, 5.74) is 10.4. The highest BCUT2D eigenvalue weighted by Crippen LogP contribution is 2.43. The van der Waals surface area contributed by atoms with Crippen molar-refractivity contribution in [1.82, 2.24) is 0 Å². The number of hydrogen-bond acceptors (Lipinski definition) is 7. The lowest BCUT2D eigenvalue weighted by molar-refractivity contribution is 0.0818. The molecule has 0 saturated carbocycles. The number of fused-ring (bicyclic) bond motifs is 1. The third-order valence-corrected chi connectivity index (χ3v) is 5.38. The van der Waals surface area contributed by atoms with Gasteiger partial charge < -0.3 is 29.7 Å². The molecule has 0 fully saturated rings. The molecule has 4 N–H and O–H groups in total. The van der Waals surface area contributed by atoms with E-state index in [1.807, 2.05) is 12.1 Å². The van der Waals surface area contributed by atoms with E-state index in [1.165, 1.54) is 14.2 Å². The predicted molar refractivity (Wildman–Crippen MR) is 115 cm³/mol. The van der Waals surface area contributed by atoms with E-state index in [9.17, 15) is 9.36 Å². The largest absolute Gasteiger partial charge is 0.493 e. The predicted octanol–water partition coefficient (Wildman–Crippen LogP) is 3.17. The molecule has 0 atom stereocenters. The molecule has 166 valence electrons. The van der Waals surface area contributed by atoms with Crippen LogP contribution >= 0.6 is 7.82 Å². The van der Waals surface area contributed by atoms with Crippen LogP contribution in [0.25, 0.3) is 6.08 Å². The maximum atomic E-state index is 13.0. The summed E-state index contributed by atoms with van der Waals surface area (Å²) < 4.78 is 31.1. The Balaban J connectivity index is 1.89. The number of nitrogens with two attached hydrogens (primary N) is 1. The Hall–Kier alpha value is -2.84. The maximum Gasteiger partial charge on any atom is 0.472 e. The van der Waals surface area contributed by atoms with Gasteiger partial charge in [0.25, 0.3) is 0 Å². The van der Waals surface area contributed by atoms with Crippen molar-refractivity contribution in [2.45, 2.75) is 20.3 Å². The molecule has 31 heavy (non-hydrogen) atoms. The van der Waals surface area contributed by atoms with Gasteiger partial charge in [0, 0.05) is 12.0 Å². The van der Waals surface area contributed by atoms with Crippen LogP contribution in [-0.2, 0) is 15.5 Å². The molecule has 1 aliphatic rings. The monoisotopic (exact) mass is 449 g/mol. The van der Waals surface area contributed by atoms with Gasteiger partial charge in [0.15, 0.2) is 24.1 Å². The molecular weight excluding hydrogens is 425 g/mol. The second-order valence-electron chi connectivity index (χ2n) is 7.10. The molecule has 1 aliphatic carbocycles. The number of phosphoric ester groups is 1. The van der Waals surface area contributed by atoms with Gasteiger partial charge in [-0.2, -0.15) is 0 Å². The van der Waals surface area contributed by atoms with Crippen molar-refractivity contribution in [1.29, 1.82) is 0 Å². The number of phosphoric acid groups is 1. The van der Waals surface area contributed by atoms with Gasteiger partial charge in [-0.3, -0.25) is 4.79 Å². The summed E-state index contributed by atoms with van der Waals surface area (Å²) in [4.78, 5) is 30.5. The normalized spacial score (nSPS) is 14.6. The fourth-order valence-corrected chi connectivity index (χ4v) is 3.89. The highest BCUT2D eigenvalue weighted by Gasteiger charge is 2.31. The van der Waals surface area contributed by atoms with Crippen LogP contribution in [0.3, 0.4) is 0 Å². The zero-order chi connectivity index (χ0) is 22.9. The van der Waals surface area contributed by atoms with E-state index < -0.39 is 14.6 Å². The summed E-state index contributed by atoms with van der Waals surface area (Å²) in [6.45, 7) is 3.00. The average Bonchev–Trinajstić information content (AvgIpc) is 2.98. The van der Waals surface area contributed by atoms with E-state index in [2.05, 4.69) is 4.52 Å². The minimum atomic E-state index is -4.61. The number of ketones is 1. The zero-order valence-electron chi connectivity index (χ0n) is 17.6. The molecule has 0 aliphatic heterocycles. The second-order valence-corrected chi connectivity index (χ2v) is 8.34. The van der Waals surface area contributed by atoms with Gasteiger partial charge >= 0.3 is 7.82 Å². The Morgan fingerprint density at radius 1 is 1.10 bits per heavy atom. The van der Waals surface area contributed by atoms with Gasteiger partial charge in [0.2, 0.25) is 0 Å². The smallest absolute Gasteiger partial charge is 0.472 e. The molecule has 10 heteroatoms. The van der Waals surface area contributed by atoms with E-state index in [4.69, 9.17) is 29.7 Å². The summed E-state index contributed by atoms with van der Waals surface area (Å²) in [6, 6.07) is 5.39. The molecule has 0 radical (unpaired) electrons. The van der Waals surface area contributed by atoms with E-state index >= 15 is 0 Å². The van der Waals surface area contributed by atoms with Gasteiger partial charge in [0.05, 0.1) is 25.5 Å². The number of anilines is 1. The Kier molecular flexibility index (Phi) is 6.43. The van der Waals surface area contributed by atoms with Crippen molar-refractivity contribution < 1.29 is 37.9 Å². The summed E-state index contributed by atoms with van der Waals surface area (Å²) >= 11 is 0. The molecular formula is C21H24NO8P. The topological polar surface area (TPSA) is 138 Å². The molecule has 0 bridgehead atoms. The minimum Gasteiger partial charge on any atom is -0.493 e. The Morgan fingerprint density at radius 3 is 2.29 bits per heavy atom. The lowest BCUT2D eigenvalue weighted by Gasteiger charge is -2.13. The molecule has 0 amide bonds. The first-order valence-electron chi connectivity index (χ1n) is 9.28. The second kappa shape index (κ2) is 8.72. The van der Waals surface area contributed by atoms with Crippen LogP contribution < -0.4 is 19.9 Å². The van der Waals surface area contributed by atoms with Crippen molar-refractivity contribution in [3.63, 3.8) is 0 Å². The summed E-state index contributed by atoms with van der Waals surface area (Å²) in [5.74, 6) is 1.09. The van der Waals surface area contributed by atoms with Gasteiger partial charge in [-0.25, -0.2) is 9.09 Å². The lowest BCUT2D eigenvalue weighted by Crippen LogP contribution is -2.05. The quantitative estimate of drug-likeness (QED) is 0.252. The highest BCUT2D eigenvalue weighted by molar-refractivity contribution is 7.46. The molecule has 0 saturated heterocycles. The number of methoxy groups -OCH3 is 2. The van der Waals surface area contributed by atoms with Crippen LogP contribution in [0.1, 0.15) is 32.6 Å². The molecule has 2 aromatic carbocycles. The number of ether oxygens (including phenoxy) is 3. The van der Waals surface area contributed by atoms with Crippen LogP contribution in [0, 0.1) is 13.8 Å². The van der Waals surface area contributed by atoms with Gasteiger partial charge in [-0.05, 0) is 60.4 Å². The maximum absolute atomic E-state index is 13.0. The van der Waals surface area contributed by atoms with Gasteiger partial charge in [-0.1, -0.05) is 0 Å². The fraction of sp³-hybridized carbons (Fsp3) is 0.286. The average molecular weight is 449 g/mol. The van der Waals surface area contributed by atoms with Crippen molar-refractivity contribution in [3.05, 3.63) is 51.6 Å². The SMILES string of the molecule is COc1cc2c(c(N)c1OC)C(=O)C(=Cc1cc(C)c(OCOP(=O)(O)O)c(C)c1)C2. The van der Waals surface area contributed by atoms with Crippen molar-refractivity contribution in [3.8, 4) is 17.2 Å². The summed E-state index contributed by atoms with van der Waals surface area (Å²) in [6.07, 6.45) is 2.20. The first-order chi connectivity index (χ1) is 14.6. The molecule has 0 aromatic heterocycles. The van der Waals surface area contributed by atoms with E-state index in [0.29, 0.717) is 34.8 Å². The van der Waals surface area contributed by atoms with Crippen molar-refractivity contribution in [2.75, 3.05) is 26.7 Å². The first-order valence-corrected chi connectivity index (χ1v) is 10.8. The highest BCUT2D eigenvalue weighted by atomic mass is 31.2. The number of carbonyl (C=O) groups is 1. The van der Waals surface area contributed by atoms with Crippen LogP contribution in [0.4, 0.5) is 5.69 Å². The Labute approximate surface area is 179 Å². The standard InChI is InChI=1S/C21H24NO8P/c1-11-5-13(6-12(2)20(11)29-10-30-31(24,25)26)7-15-8-14-9-16(27-3)21(28-4)18(22)17(14)19(15)23/h5-7,9H,8,10,22H2,1-4H3,(H2,24,25,26). The van der Waals surface area contributed by atoms with Gasteiger partial charge in [0.1, 0.15) is 5.75 Å². The van der Waals surface area contributed by atoms with E-state index in [1.54, 1.807) is 26.0 Å². The number of carbonyl (C=O) groups excluding carboxylic acids is 1. The third-order valence-electron chi connectivity index (χ3n) is 4.94. The Morgan fingerprint density at radius 2 is 1.74 bits per heavy atom. The number of allylic oxidation sites excluding steroid dienone is 1. The number of nitrogen functional groups attached to an aromatic ring is 1. The molecule has 3 rings (SSSR count). The molecule has 2 aromatic rings. The third kappa shape index (κ3) is 4.75. The van der Waals surface area contributed by atoms with Crippen molar-refractivity contribution in [2.24, 2.45) is 0 Å². The van der Waals surface area contributed by atoms with Gasteiger partial charge in [-0.15, -0.1) is 0 Å². The molecule has 9 nitrogen and oxygen atoms in total. The zero-order valence-corrected chi connectivity index (χ0v) is 18.5. The number of Topliss-reactive ketones (excluding diaryl/α,β-unsaturated/α-hetero) is 1. The number of aryl methyl sites for hydroxylation is 2. The summed E-state index contributed by atoms with van der Waals surface area (Å²) in [5, 5.41) is 0. The Bertz CT molecular complexity index is 1100. The summed E-state index contributed by atoms with van der Waals surface area (Å²) in [7, 11) is -1.63. The van der Waals surface area contributed by atoms with E-state index in [-0.39, 0.29) is 11.5 Å². The first kappa shape index (κ1) is 22.8. The van der Waals surface area contributed by atoms with Crippen LogP contribution in [-0.4, -0.2) is 36.6 Å². The number of rotatable bonds is 7. The minimum absolute atomic E-state index is 0.167. The fourth-order valence-electron chi connectivity index (χ4n) is 3.70. The molecule has 0 spiro atoms. The molecule has 0 heterocycles. The van der Waals surface area contributed by atoms with E-state index in [0.717, 1.165) is 22.3 Å². The number of hydrogen-bond donors (Lipinski definition) is 3. The van der Waals surface area contributed by atoms with Crippen LogP contribution in [0.15, 0.2) is 23.8 Å². The molecule has 0 unspecified atom stereocenters. The van der Waals surface area contributed by atoms with Crippen LogP contribution in [0.5, 0.6) is 17.2 Å². The van der Waals surface area contributed by atoms with Crippen LogP contribution in [0.2, 0.25) is 0 Å². The number of benzene rings is 2. The lowest BCUT2D eigenvalue weighted by atomic mass is 10.0.